The van der Waals surface area contributed by atoms with Crippen LogP contribution < -0.4 is 5.32 Å². The average Bonchev–Trinajstić information content (AvgIpc) is 3.27. The first-order chi connectivity index (χ1) is 15.6. The van der Waals surface area contributed by atoms with Gasteiger partial charge in [0.2, 0.25) is 5.82 Å². The number of benzene rings is 2. The lowest BCUT2D eigenvalue weighted by molar-refractivity contribution is -0.159. The van der Waals surface area contributed by atoms with Crippen LogP contribution in [0.2, 0.25) is 0 Å². The van der Waals surface area contributed by atoms with Gasteiger partial charge in [0.15, 0.2) is 0 Å². The van der Waals surface area contributed by atoms with E-state index in [9.17, 15) is 31.1 Å². The van der Waals surface area contributed by atoms with Gasteiger partial charge >= 0.3 is 18.2 Å². The summed E-state index contributed by atoms with van der Waals surface area (Å²) in [5, 5.41) is 9.22. The highest BCUT2D eigenvalue weighted by Gasteiger charge is 2.38. The third kappa shape index (κ3) is 6.30. The molecule has 1 heterocycles. The van der Waals surface area contributed by atoms with Crippen LogP contribution in [0.1, 0.15) is 27.4 Å². The van der Waals surface area contributed by atoms with Gasteiger partial charge < -0.3 is 14.7 Å². The van der Waals surface area contributed by atoms with Crippen molar-refractivity contribution < 1.29 is 40.5 Å². The Balaban J connectivity index is 1.48. The fourth-order valence-corrected chi connectivity index (χ4v) is 2.59. The Labute approximate surface area is 182 Å². The lowest BCUT2D eigenvalue weighted by atomic mass is 10.1. The van der Waals surface area contributed by atoms with Gasteiger partial charge in [-0.15, -0.1) is 0 Å². The van der Waals surface area contributed by atoms with Gasteiger partial charge in [-0.3, -0.25) is 4.79 Å². The summed E-state index contributed by atoms with van der Waals surface area (Å²) in [6.45, 7) is -0.491. The topological polar surface area (TPSA) is 89.6 Å². The van der Waals surface area contributed by atoms with E-state index in [-0.39, 0.29) is 29.1 Å². The van der Waals surface area contributed by atoms with Crippen LogP contribution in [0.5, 0.6) is 0 Å². The molecule has 0 bridgehead atoms. The fraction of sp³-hybridized carbons (Fsp3) is 0.200. The van der Waals surface area contributed by atoms with Gasteiger partial charge in [-0.2, -0.15) is 31.3 Å². The van der Waals surface area contributed by atoms with Crippen LogP contribution in [0.3, 0.4) is 0 Å². The quantitative estimate of drug-likeness (QED) is 0.306. The number of oxime groups is 1. The van der Waals surface area contributed by atoms with Crippen LogP contribution in [-0.4, -0.2) is 28.8 Å². The van der Waals surface area contributed by atoms with Crippen molar-refractivity contribution in [1.82, 2.24) is 15.5 Å². The highest BCUT2D eigenvalue weighted by atomic mass is 19.4. The Hall–Kier alpha value is -3.90. The molecule has 1 aromatic heterocycles. The first-order valence-corrected chi connectivity index (χ1v) is 9.14. The molecule has 3 rings (SSSR count). The lowest BCUT2D eigenvalue weighted by Crippen LogP contribution is -2.25. The second-order valence-corrected chi connectivity index (χ2v) is 6.42. The zero-order valence-corrected chi connectivity index (χ0v) is 16.4. The summed E-state index contributed by atoms with van der Waals surface area (Å²) in [5.41, 5.74) is -0.519. The first kappa shape index (κ1) is 23.8. The molecule has 7 nitrogen and oxygen atoms in total. The summed E-state index contributed by atoms with van der Waals surface area (Å²) in [6, 6.07) is 10.3. The molecule has 0 unspecified atom stereocenters. The van der Waals surface area contributed by atoms with Gasteiger partial charge in [0.1, 0.15) is 6.61 Å². The number of carbonyl (C=O) groups is 1. The Kier molecular flexibility index (Phi) is 6.99. The van der Waals surface area contributed by atoms with Crippen molar-refractivity contribution in [2.45, 2.75) is 19.0 Å². The van der Waals surface area contributed by atoms with Crippen LogP contribution in [0, 0.1) is 0 Å². The molecule has 0 aliphatic rings. The number of halogens is 6. The Bertz CT molecular complexity index is 1120. The van der Waals surface area contributed by atoms with Crippen molar-refractivity contribution in [3.05, 3.63) is 71.1 Å². The standard InChI is InChI=1S/C20H14F6N4O3/c21-19(22,23)15-4-2-1-3-14(15)11-32-28-10-9-27-17(31)13-7-5-12(6-8-13)16-29-18(33-30-16)20(24,25)26/h1-8,10H,9,11H2,(H,27,31). The molecule has 0 saturated heterocycles. The van der Waals surface area contributed by atoms with Gasteiger partial charge in [0.05, 0.1) is 18.3 Å². The summed E-state index contributed by atoms with van der Waals surface area (Å²) in [5.74, 6) is -2.30. The minimum absolute atomic E-state index is 0.0821. The molecular weight excluding hydrogens is 458 g/mol. The molecule has 0 radical (unpaired) electrons. The predicted molar refractivity (Wildman–Crippen MR) is 102 cm³/mol. The van der Waals surface area contributed by atoms with Crippen molar-refractivity contribution in [1.29, 1.82) is 0 Å². The summed E-state index contributed by atoms with van der Waals surface area (Å²) in [4.78, 5) is 20.2. The molecule has 0 saturated carbocycles. The number of aromatic nitrogens is 2. The van der Waals surface area contributed by atoms with Crippen LogP contribution >= 0.6 is 0 Å². The van der Waals surface area contributed by atoms with Crippen molar-refractivity contribution in [2.24, 2.45) is 5.16 Å². The number of nitrogens with zero attached hydrogens (tertiary/aromatic N) is 3. The van der Waals surface area contributed by atoms with E-state index >= 15 is 0 Å². The summed E-state index contributed by atoms with van der Waals surface area (Å²) < 4.78 is 80.4. The van der Waals surface area contributed by atoms with Crippen molar-refractivity contribution in [3.63, 3.8) is 0 Å². The van der Waals surface area contributed by atoms with Crippen molar-refractivity contribution in [2.75, 3.05) is 6.54 Å². The molecule has 0 spiro atoms. The summed E-state index contributed by atoms with van der Waals surface area (Å²) in [7, 11) is 0. The van der Waals surface area contributed by atoms with E-state index in [1.165, 1.54) is 42.5 Å². The SMILES string of the molecule is O=C(NCC=NOCc1ccccc1C(F)(F)F)c1ccc(-c2noc(C(F)(F)F)n2)cc1. The monoisotopic (exact) mass is 472 g/mol. The zero-order valence-electron chi connectivity index (χ0n) is 16.4. The highest BCUT2D eigenvalue weighted by Crippen LogP contribution is 2.32. The van der Waals surface area contributed by atoms with Gasteiger partial charge in [-0.25, -0.2) is 0 Å². The van der Waals surface area contributed by atoms with Crippen molar-refractivity contribution in [3.8, 4) is 11.4 Å². The highest BCUT2D eigenvalue weighted by molar-refractivity contribution is 5.95. The smallest absolute Gasteiger partial charge is 0.391 e. The first-order valence-electron chi connectivity index (χ1n) is 9.14. The number of rotatable bonds is 7. The molecule has 0 fully saturated rings. The molecule has 1 amide bonds. The van der Waals surface area contributed by atoms with E-state index < -0.39 is 36.3 Å². The molecule has 2 aromatic carbocycles. The maximum Gasteiger partial charge on any atom is 0.471 e. The number of hydrogen-bond acceptors (Lipinski definition) is 6. The maximum atomic E-state index is 12.9. The van der Waals surface area contributed by atoms with E-state index in [1.54, 1.807) is 0 Å². The number of carbonyl (C=O) groups excluding carboxylic acids is 1. The second-order valence-electron chi connectivity index (χ2n) is 6.42. The van der Waals surface area contributed by atoms with E-state index in [0.717, 1.165) is 12.3 Å². The number of nitrogens with one attached hydrogen (secondary N) is 1. The molecule has 174 valence electrons. The second kappa shape index (κ2) is 9.71. The van der Waals surface area contributed by atoms with Crippen LogP contribution in [0.15, 0.2) is 58.2 Å². The van der Waals surface area contributed by atoms with E-state index in [1.807, 2.05) is 0 Å². The molecule has 0 aliphatic carbocycles. The van der Waals surface area contributed by atoms with Crippen LogP contribution in [-0.2, 0) is 23.8 Å². The lowest BCUT2D eigenvalue weighted by Gasteiger charge is -2.11. The number of alkyl halides is 6. The summed E-state index contributed by atoms with van der Waals surface area (Å²) >= 11 is 0. The third-order valence-electron chi connectivity index (χ3n) is 4.12. The normalized spacial score (nSPS) is 12.2. The maximum absolute atomic E-state index is 12.9. The minimum Gasteiger partial charge on any atom is -0.391 e. The number of hydrogen-bond donors (Lipinski definition) is 1. The number of amides is 1. The predicted octanol–water partition coefficient (Wildman–Crippen LogP) is 4.71. The molecular formula is C20H14F6N4O3. The van der Waals surface area contributed by atoms with E-state index in [4.69, 9.17) is 4.84 Å². The third-order valence-corrected chi connectivity index (χ3v) is 4.12. The Morgan fingerprint density at radius 3 is 2.36 bits per heavy atom. The van der Waals surface area contributed by atoms with Crippen molar-refractivity contribution >= 4 is 12.1 Å². The Morgan fingerprint density at radius 2 is 1.73 bits per heavy atom. The van der Waals surface area contributed by atoms with Gasteiger partial charge in [-0.05, 0) is 18.2 Å². The molecule has 0 aliphatic heterocycles. The fourth-order valence-electron chi connectivity index (χ4n) is 2.59. The Morgan fingerprint density at radius 1 is 1.03 bits per heavy atom. The van der Waals surface area contributed by atoms with Crippen LogP contribution in [0.25, 0.3) is 11.4 Å². The zero-order chi connectivity index (χ0) is 24.1. The van der Waals surface area contributed by atoms with Gasteiger partial charge in [-0.1, -0.05) is 40.6 Å². The molecule has 3 aromatic rings. The molecule has 1 N–H and O–H groups in total. The molecule has 13 heteroatoms. The van der Waals surface area contributed by atoms with E-state index in [2.05, 4.69) is 25.1 Å². The van der Waals surface area contributed by atoms with Gasteiger partial charge in [0.25, 0.3) is 5.91 Å². The largest absolute Gasteiger partial charge is 0.471 e. The molecule has 0 atom stereocenters. The summed E-state index contributed by atoms with van der Waals surface area (Å²) in [6.07, 6.45) is -8.13. The van der Waals surface area contributed by atoms with E-state index in [0.29, 0.717) is 0 Å². The van der Waals surface area contributed by atoms with Gasteiger partial charge in [0, 0.05) is 16.7 Å². The molecule has 33 heavy (non-hydrogen) atoms. The average molecular weight is 472 g/mol. The minimum atomic E-state index is -4.77. The van der Waals surface area contributed by atoms with Crippen LogP contribution in [0.4, 0.5) is 26.3 Å².